The Bertz CT molecular complexity index is 1370. The van der Waals surface area contributed by atoms with Crippen molar-refractivity contribution in [2.75, 3.05) is 12.4 Å². The van der Waals surface area contributed by atoms with Crippen LogP contribution in [-0.4, -0.2) is 63.9 Å². The van der Waals surface area contributed by atoms with Crippen LogP contribution >= 0.6 is 11.8 Å². The Kier molecular flexibility index (Phi) is 9.49. The molecule has 4 unspecified atom stereocenters. The van der Waals surface area contributed by atoms with Gasteiger partial charge in [-0.15, -0.1) is 11.8 Å². The number of carbonyl (C=O) groups excluding carboxylic acids is 2. The number of carboxylic acids is 1. The highest BCUT2D eigenvalue weighted by Gasteiger charge is 2.45. The van der Waals surface area contributed by atoms with Crippen LogP contribution in [0.5, 0.6) is 0 Å². The fourth-order valence-electron chi connectivity index (χ4n) is 5.72. The number of hydrogen-bond acceptors (Lipinski definition) is 6. The number of benzene rings is 3. The monoisotopic (exact) mass is 588 g/mol. The molecule has 0 radical (unpaired) electrons. The Morgan fingerprint density at radius 3 is 2.21 bits per heavy atom. The van der Waals surface area contributed by atoms with Gasteiger partial charge in [-0.25, -0.2) is 9.59 Å². The van der Waals surface area contributed by atoms with Gasteiger partial charge >= 0.3 is 12.1 Å². The van der Waals surface area contributed by atoms with Crippen molar-refractivity contribution < 1.29 is 29.0 Å². The average molecular weight is 589 g/mol. The molecule has 0 spiro atoms. The molecule has 8 nitrogen and oxygen atoms in total. The molecular weight excluding hydrogens is 552 g/mol. The van der Waals surface area contributed by atoms with Crippen molar-refractivity contribution in [2.45, 2.75) is 62.8 Å². The molecule has 42 heavy (non-hydrogen) atoms. The smallest absolute Gasteiger partial charge is 0.407 e. The molecule has 1 saturated heterocycles. The molecular formula is C33H36N2O6S. The average Bonchev–Trinajstić information content (AvgIpc) is 3.57. The molecule has 1 aliphatic heterocycles. The maximum atomic E-state index is 14.0. The largest absolute Gasteiger partial charge is 0.480 e. The standard InChI is InChI=1S/C33H36N2O6S/c1-3-11-29-35(28(20-42-29)32(37)38)31(36)30(21(2)40-18-22-12-5-4-6-13-22)34-33(39)41-19-27-25-16-9-7-14-23(25)24-15-8-10-17-26(24)27/h4-10,12-17,21,27-30H,3,11,18-20H2,1-2H3,(H,34,39)(H,37,38). The summed E-state index contributed by atoms with van der Waals surface area (Å²) in [5.74, 6) is -1.39. The molecule has 3 aromatic carbocycles. The van der Waals surface area contributed by atoms with Crippen molar-refractivity contribution in [2.24, 2.45) is 0 Å². The molecule has 2 amide bonds. The van der Waals surface area contributed by atoms with E-state index in [2.05, 4.69) is 17.4 Å². The van der Waals surface area contributed by atoms with Crippen LogP contribution in [0.4, 0.5) is 4.79 Å². The zero-order chi connectivity index (χ0) is 29.6. The number of carboxylic acid groups (broad SMARTS) is 1. The maximum Gasteiger partial charge on any atom is 0.407 e. The van der Waals surface area contributed by atoms with E-state index in [-0.39, 0.29) is 24.5 Å². The molecule has 4 atom stereocenters. The van der Waals surface area contributed by atoms with Crippen molar-refractivity contribution in [3.8, 4) is 11.1 Å². The first kappa shape index (κ1) is 29.7. The van der Waals surface area contributed by atoms with Gasteiger partial charge < -0.3 is 24.8 Å². The van der Waals surface area contributed by atoms with E-state index in [0.29, 0.717) is 12.2 Å². The van der Waals surface area contributed by atoms with E-state index in [1.165, 1.54) is 16.7 Å². The van der Waals surface area contributed by atoms with Crippen LogP contribution in [0.3, 0.4) is 0 Å². The minimum absolute atomic E-state index is 0.0931. The molecule has 1 heterocycles. The number of carbonyl (C=O) groups is 3. The van der Waals surface area contributed by atoms with Gasteiger partial charge in [0.15, 0.2) is 0 Å². The van der Waals surface area contributed by atoms with Crippen LogP contribution in [0.25, 0.3) is 11.1 Å². The number of hydrogen-bond donors (Lipinski definition) is 2. The summed E-state index contributed by atoms with van der Waals surface area (Å²) in [7, 11) is 0. The first-order valence-electron chi connectivity index (χ1n) is 14.3. The Morgan fingerprint density at radius 1 is 0.976 bits per heavy atom. The fraction of sp³-hybridized carbons (Fsp3) is 0.364. The van der Waals surface area contributed by atoms with Gasteiger partial charge in [-0.1, -0.05) is 92.2 Å². The summed E-state index contributed by atoms with van der Waals surface area (Å²) in [5.41, 5.74) is 5.32. The van der Waals surface area contributed by atoms with E-state index in [1.54, 1.807) is 6.92 Å². The van der Waals surface area contributed by atoms with E-state index in [0.717, 1.165) is 34.2 Å². The lowest BCUT2D eigenvalue weighted by Gasteiger charge is -2.33. The quantitative estimate of drug-likeness (QED) is 0.298. The molecule has 0 aromatic heterocycles. The number of rotatable bonds is 11. The van der Waals surface area contributed by atoms with Crippen LogP contribution in [0, 0.1) is 0 Å². The topological polar surface area (TPSA) is 105 Å². The third-order valence-electron chi connectivity index (χ3n) is 7.88. The van der Waals surface area contributed by atoms with Gasteiger partial charge in [0.25, 0.3) is 0 Å². The van der Waals surface area contributed by atoms with Gasteiger partial charge in [0, 0.05) is 11.7 Å². The highest BCUT2D eigenvalue weighted by Crippen LogP contribution is 2.44. The fourth-order valence-corrected chi connectivity index (χ4v) is 7.25. The van der Waals surface area contributed by atoms with Crippen molar-refractivity contribution in [3.05, 3.63) is 95.6 Å². The van der Waals surface area contributed by atoms with Crippen molar-refractivity contribution in [1.29, 1.82) is 0 Å². The second-order valence-electron chi connectivity index (χ2n) is 10.6. The van der Waals surface area contributed by atoms with Crippen molar-refractivity contribution in [3.63, 3.8) is 0 Å². The minimum atomic E-state index is -1.13. The lowest BCUT2D eigenvalue weighted by molar-refractivity contribution is -0.151. The zero-order valence-electron chi connectivity index (χ0n) is 23.8. The molecule has 1 fully saturated rings. The summed E-state index contributed by atoms with van der Waals surface area (Å²) in [5, 5.41) is 12.3. The summed E-state index contributed by atoms with van der Waals surface area (Å²) in [6.07, 6.45) is -0.0632. The van der Waals surface area contributed by atoms with Gasteiger partial charge in [0.1, 0.15) is 18.7 Å². The normalized spacial score (nSPS) is 19.0. The molecule has 0 saturated carbocycles. The van der Waals surface area contributed by atoms with Gasteiger partial charge in [-0.05, 0) is 41.2 Å². The number of aliphatic carboxylic acids is 1. The lowest BCUT2D eigenvalue weighted by Crippen LogP contribution is -2.58. The summed E-state index contributed by atoms with van der Waals surface area (Å²) in [4.78, 5) is 40.8. The maximum absolute atomic E-state index is 14.0. The second kappa shape index (κ2) is 13.4. The Labute approximate surface area is 250 Å². The Balaban J connectivity index is 1.33. The molecule has 2 aliphatic rings. The number of nitrogens with one attached hydrogen (secondary N) is 1. The van der Waals surface area contributed by atoms with Crippen molar-refractivity contribution in [1.82, 2.24) is 10.2 Å². The molecule has 3 aromatic rings. The summed E-state index contributed by atoms with van der Waals surface area (Å²) in [6.45, 7) is 4.03. The predicted octanol–water partition coefficient (Wildman–Crippen LogP) is 5.65. The van der Waals surface area contributed by atoms with Gasteiger partial charge in [-0.3, -0.25) is 4.79 Å². The molecule has 9 heteroatoms. The van der Waals surface area contributed by atoms with Crippen LogP contribution in [0.15, 0.2) is 78.9 Å². The Hall–Kier alpha value is -3.82. The molecule has 220 valence electrons. The van der Waals surface area contributed by atoms with Gasteiger partial charge in [0.05, 0.1) is 18.1 Å². The number of nitrogens with zero attached hydrogens (tertiary/aromatic N) is 1. The van der Waals surface area contributed by atoms with E-state index >= 15 is 0 Å². The predicted molar refractivity (Wildman–Crippen MR) is 162 cm³/mol. The van der Waals surface area contributed by atoms with Crippen LogP contribution in [-0.2, 0) is 25.7 Å². The van der Waals surface area contributed by atoms with Gasteiger partial charge in [0.2, 0.25) is 5.91 Å². The van der Waals surface area contributed by atoms with Gasteiger partial charge in [-0.2, -0.15) is 0 Å². The minimum Gasteiger partial charge on any atom is -0.480 e. The zero-order valence-corrected chi connectivity index (χ0v) is 24.6. The van der Waals surface area contributed by atoms with E-state index in [4.69, 9.17) is 9.47 Å². The van der Waals surface area contributed by atoms with Crippen molar-refractivity contribution >= 4 is 29.7 Å². The molecule has 1 aliphatic carbocycles. The highest BCUT2D eigenvalue weighted by atomic mass is 32.2. The molecule has 5 rings (SSSR count). The van der Waals surface area contributed by atoms with Crippen LogP contribution < -0.4 is 5.32 Å². The lowest BCUT2D eigenvalue weighted by atomic mass is 9.98. The number of thioether (sulfide) groups is 1. The SMILES string of the molecule is CCCC1SCC(C(=O)O)N1C(=O)C(NC(=O)OCC1c2ccccc2-c2ccccc21)C(C)OCc1ccccc1. The number of amides is 2. The third-order valence-corrected chi connectivity index (χ3v) is 9.23. The van der Waals surface area contributed by atoms with Crippen LogP contribution in [0.1, 0.15) is 49.3 Å². The second-order valence-corrected chi connectivity index (χ2v) is 11.8. The molecule has 2 N–H and O–H groups in total. The van der Waals surface area contributed by atoms with E-state index < -0.39 is 36.2 Å². The van der Waals surface area contributed by atoms with E-state index in [9.17, 15) is 19.5 Å². The first-order chi connectivity index (χ1) is 20.4. The van der Waals surface area contributed by atoms with E-state index in [1.807, 2.05) is 73.7 Å². The number of fused-ring (bicyclic) bond motifs is 3. The first-order valence-corrected chi connectivity index (χ1v) is 15.4. The summed E-state index contributed by atoms with van der Waals surface area (Å²) >= 11 is 1.45. The summed E-state index contributed by atoms with van der Waals surface area (Å²) in [6, 6.07) is 23.5. The number of alkyl carbamates (subject to hydrolysis) is 1. The molecule has 0 bridgehead atoms. The Morgan fingerprint density at radius 2 is 1.60 bits per heavy atom. The highest BCUT2D eigenvalue weighted by molar-refractivity contribution is 8.00. The van der Waals surface area contributed by atoms with Crippen LogP contribution in [0.2, 0.25) is 0 Å². The number of ether oxygens (including phenoxy) is 2. The summed E-state index contributed by atoms with van der Waals surface area (Å²) < 4.78 is 11.8. The third kappa shape index (κ3) is 6.32.